The van der Waals surface area contributed by atoms with Gasteiger partial charge in [0.1, 0.15) is 0 Å². The SMILES string of the molecule is [c]1cc[c]n2cccc12. The molecule has 2 aromatic heterocycles. The van der Waals surface area contributed by atoms with Crippen molar-refractivity contribution in [2.45, 2.75) is 0 Å². The summed E-state index contributed by atoms with van der Waals surface area (Å²) in [4.78, 5) is 0. The van der Waals surface area contributed by atoms with Crippen LogP contribution >= 0.6 is 0 Å². The van der Waals surface area contributed by atoms with E-state index in [2.05, 4.69) is 12.3 Å². The average molecular weight is 115 g/mol. The summed E-state index contributed by atoms with van der Waals surface area (Å²) in [5.74, 6) is 0. The van der Waals surface area contributed by atoms with Gasteiger partial charge in [0.2, 0.25) is 0 Å². The van der Waals surface area contributed by atoms with Gasteiger partial charge in [0.05, 0.1) is 11.7 Å². The van der Waals surface area contributed by atoms with Crippen molar-refractivity contribution in [3.63, 3.8) is 0 Å². The first-order valence-corrected chi connectivity index (χ1v) is 2.82. The maximum atomic E-state index is 3.06. The maximum Gasteiger partial charge on any atom is 0.0697 e. The van der Waals surface area contributed by atoms with Crippen molar-refractivity contribution in [2.24, 2.45) is 0 Å². The van der Waals surface area contributed by atoms with E-state index in [0.29, 0.717) is 0 Å². The van der Waals surface area contributed by atoms with Crippen LogP contribution in [0.3, 0.4) is 0 Å². The average Bonchev–Trinajstić information content (AvgIpc) is 2.33. The molecule has 0 N–H and O–H groups in total. The first-order chi connectivity index (χ1) is 4.47. The second-order valence-electron chi connectivity index (χ2n) is 1.87. The van der Waals surface area contributed by atoms with Crippen molar-refractivity contribution in [2.75, 3.05) is 0 Å². The highest BCUT2D eigenvalue weighted by atomic mass is 14.8. The minimum atomic E-state index is 1.07. The fourth-order valence-electron chi connectivity index (χ4n) is 0.856. The summed E-state index contributed by atoms with van der Waals surface area (Å²) >= 11 is 0. The molecule has 0 unspecified atom stereocenters. The summed E-state index contributed by atoms with van der Waals surface area (Å²) in [6, 6.07) is 10.7. The second-order valence-corrected chi connectivity index (χ2v) is 1.87. The predicted octanol–water partition coefficient (Wildman–Crippen LogP) is 1.54. The molecule has 0 amide bonds. The monoisotopic (exact) mass is 115 g/mol. The number of hydrogen-bond donors (Lipinski definition) is 0. The molecule has 2 aromatic rings. The summed E-state index contributed by atoms with van der Waals surface area (Å²) in [7, 11) is 0. The van der Waals surface area contributed by atoms with E-state index in [0.717, 1.165) is 5.52 Å². The molecule has 2 radical (unpaired) electrons. The molecule has 0 spiro atoms. The normalized spacial score (nSPS) is 10.2. The van der Waals surface area contributed by atoms with Gasteiger partial charge < -0.3 is 4.40 Å². The lowest BCUT2D eigenvalue weighted by molar-refractivity contribution is 1.18. The smallest absolute Gasteiger partial charge is 0.0697 e. The summed E-state index contributed by atoms with van der Waals surface area (Å²) in [5, 5.41) is 0. The van der Waals surface area contributed by atoms with E-state index in [-0.39, 0.29) is 0 Å². The van der Waals surface area contributed by atoms with Crippen molar-refractivity contribution in [1.29, 1.82) is 0 Å². The van der Waals surface area contributed by atoms with Gasteiger partial charge in [-0.3, -0.25) is 0 Å². The van der Waals surface area contributed by atoms with E-state index in [1.165, 1.54) is 0 Å². The van der Waals surface area contributed by atoms with Crippen molar-refractivity contribution in [1.82, 2.24) is 4.40 Å². The van der Waals surface area contributed by atoms with Gasteiger partial charge in [-0.15, -0.1) is 0 Å². The van der Waals surface area contributed by atoms with Crippen LogP contribution < -0.4 is 0 Å². The van der Waals surface area contributed by atoms with Gasteiger partial charge in [-0.1, -0.05) is 6.07 Å². The minimum absolute atomic E-state index is 1.07. The Hall–Kier alpha value is -1.24. The molecule has 0 aliphatic heterocycles. The zero-order chi connectivity index (χ0) is 6.10. The van der Waals surface area contributed by atoms with Gasteiger partial charge in [-0.2, -0.15) is 0 Å². The molecule has 0 saturated heterocycles. The third-order valence-electron chi connectivity index (χ3n) is 1.28. The number of aromatic nitrogens is 1. The highest BCUT2D eigenvalue weighted by molar-refractivity contribution is 5.44. The molecule has 0 fully saturated rings. The zero-order valence-corrected chi connectivity index (χ0v) is 4.83. The van der Waals surface area contributed by atoms with Crippen molar-refractivity contribution < 1.29 is 0 Å². The molecular formula is C8H5N. The zero-order valence-electron chi connectivity index (χ0n) is 4.83. The molecule has 0 saturated carbocycles. The topological polar surface area (TPSA) is 4.41 Å². The molecule has 1 heteroatoms. The molecule has 0 bridgehead atoms. The lowest BCUT2D eigenvalue weighted by Gasteiger charge is -1.86. The minimum Gasteiger partial charge on any atom is -0.315 e. The van der Waals surface area contributed by atoms with Crippen LogP contribution in [0.5, 0.6) is 0 Å². The number of nitrogens with zero attached hydrogens (tertiary/aromatic N) is 1. The van der Waals surface area contributed by atoms with Gasteiger partial charge >= 0.3 is 0 Å². The molecule has 2 rings (SSSR count). The fourth-order valence-corrected chi connectivity index (χ4v) is 0.856. The first kappa shape index (κ1) is 4.62. The molecule has 2 heterocycles. The lowest BCUT2D eigenvalue weighted by Crippen LogP contribution is -1.77. The largest absolute Gasteiger partial charge is 0.315 e. The Kier molecular flexibility index (Phi) is 0.833. The molecule has 42 valence electrons. The Morgan fingerprint density at radius 3 is 3.22 bits per heavy atom. The Labute approximate surface area is 53.5 Å². The number of rotatable bonds is 0. The van der Waals surface area contributed by atoms with Crippen LogP contribution in [0.4, 0.5) is 0 Å². The second kappa shape index (κ2) is 1.62. The van der Waals surface area contributed by atoms with Gasteiger partial charge in [0.15, 0.2) is 0 Å². The van der Waals surface area contributed by atoms with Crippen LogP contribution in [-0.4, -0.2) is 4.40 Å². The predicted molar refractivity (Wildman–Crippen MR) is 35.1 cm³/mol. The van der Waals surface area contributed by atoms with E-state index in [4.69, 9.17) is 0 Å². The van der Waals surface area contributed by atoms with Crippen LogP contribution in [0.25, 0.3) is 5.52 Å². The highest BCUT2D eigenvalue weighted by Gasteiger charge is 1.85. The summed E-state index contributed by atoms with van der Waals surface area (Å²) in [6.45, 7) is 0. The van der Waals surface area contributed by atoms with Crippen LogP contribution in [-0.2, 0) is 0 Å². The summed E-state index contributed by atoms with van der Waals surface area (Å²) < 4.78 is 1.90. The van der Waals surface area contributed by atoms with E-state index in [9.17, 15) is 0 Å². The van der Waals surface area contributed by atoms with E-state index >= 15 is 0 Å². The number of pyridine rings is 1. The fraction of sp³-hybridized carbons (Fsp3) is 0. The van der Waals surface area contributed by atoms with Crippen molar-refractivity contribution >= 4 is 5.52 Å². The van der Waals surface area contributed by atoms with Crippen LogP contribution in [0.1, 0.15) is 0 Å². The first-order valence-electron chi connectivity index (χ1n) is 2.82. The highest BCUT2D eigenvalue weighted by Crippen LogP contribution is 1.99. The van der Waals surface area contributed by atoms with E-state index in [1.54, 1.807) is 0 Å². The van der Waals surface area contributed by atoms with Crippen LogP contribution in [0, 0.1) is 12.3 Å². The van der Waals surface area contributed by atoms with Crippen LogP contribution in [0.15, 0.2) is 30.5 Å². The quantitative estimate of drug-likeness (QED) is 0.490. The summed E-state index contributed by atoms with van der Waals surface area (Å²) in [5.41, 5.74) is 1.07. The molecule has 0 aliphatic carbocycles. The molecule has 1 nitrogen and oxygen atoms in total. The Balaban J connectivity index is 2.95. The lowest BCUT2D eigenvalue weighted by atomic mass is 10.4. The maximum absolute atomic E-state index is 3.06. The number of fused-ring (bicyclic) bond motifs is 1. The van der Waals surface area contributed by atoms with Gasteiger partial charge in [-0.25, -0.2) is 0 Å². The third kappa shape index (κ3) is 0.617. The van der Waals surface area contributed by atoms with E-state index in [1.807, 2.05) is 34.9 Å². The molecule has 0 aliphatic rings. The molecular weight excluding hydrogens is 110 g/mol. The molecule has 0 atom stereocenters. The Morgan fingerprint density at radius 1 is 1.33 bits per heavy atom. The molecule has 9 heavy (non-hydrogen) atoms. The Morgan fingerprint density at radius 2 is 2.33 bits per heavy atom. The van der Waals surface area contributed by atoms with Gasteiger partial charge in [-0.05, 0) is 18.2 Å². The molecule has 0 aromatic carbocycles. The third-order valence-corrected chi connectivity index (χ3v) is 1.28. The van der Waals surface area contributed by atoms with Crippen molar-refractivity contribution in [3.05, 3.63) is 42.7 Å². The summed E-state index contributed by atoms with van der Waals surface area (Å²) in [6.07, 6.45) is 4.97. The van der Waals surface area contributed by atoms with Crippen molar-refractivity contribution in [3.8, 4) is 0 Å². The standard InChI is InChI=1S/C8H5N/c1-2-6-9-7-3-5-8(9)4-1/h1-3,5,7H. The van der Waals surface area contributed by atoms with Gasteiger partial charge in [0, 0.05) is 12.3 Å². The van der Waals surface area contributed by atoms with Gasteiger partial charge in [0.25, 0.3) is 0 Å². The van der Waals surface area contributed by atoms with E-state index < -0.39 is 0 Å². The van der Waals surface area contributed by atoms with Crippen LogP contribution in [0.2, 0.25) is 0 Å². The number of hydrogen-bond acceptors (Lipinski definition) is 0. The Bertz CT molecular complexity index is 279.